The van der Waals surface area contributed by atoms with Crippen molar-refractivity contribution < 1.29 is 0 Å². The van der Waals surface area contributed by atoms with E-state index in [4.69, 9.17) is 20.8 Å². The Morgan fingerprint density at radius 2 is 0.917 bits per heavy atom. The summed E-state index contributed by atoms with van der Waals surface area (Å²) in [6, 6.07) is 20.6. The Labute approximate surface area is 280 Å². The molecule has 0 bridgehead atoms. The Kier molecular flexibility index (Phi) is 8.30. The van der Waals surface area contributed by atoms with Gasteiger partial charge in [0.2, 0.25) is 0 Å². The van der Waals surface area contributed by atoms with Crippen molar-refractivity contribution in [3.63, 3.8) is 0 Å². The zero-order valence-corrected chi connectivity index (χ0v) is 28.8. The summed E-state index contributed by atoms with van der Waals surface area (Å²) >= 11 is 0. The molecule has 0 radical (unpaired) electrons. The van der Waals surface area contributed by atoms with Gasteiger partial charge in [-0.05, 0) is 128 Å². The van der Waals surface area contributed by atoms with E-state index in [1.807, 2.05) is 63.5 Å². The van der Waals surface area contributed by atoms with Crippen LogP contribution in [0.4, 0.5) is 5.69 Å². The van der Waals surface area contributed by atoms with Gasteiger partial charge in [0.05, 0.1) is 28.5 Å². The second kappa shape index (κ2) is 12.4. The van der Waals surface area contributed by atoms with Gasteiger partial charge in [-0.1, -0.05) is 12.1 Å². The van der Waals surface area contributed by atoms with E-state index in [9.17, 15) is 0 Å². The van der Waals surface area contributed by atoms with Crippen molar-refractivity contribution in [3.8, 4) is 45.3 Å². The van der Waals surface area contributed by atoms with Crippen LogP contribution in [0.15, 0.2) is 60.7 Å². The second-order valence-corrected chi connectivity index (χ2v) is 12.2. The van der Waals surface area contributed by atoms with Gasteiger partial charge in [0.1, 0.15) is 35.0 Å². The summed E-state index contributed by atoms with van der Waals surface area (Å²) in [7, 11) is 0. The quantitative estimate of drug-likeness (QED) is 0.142. The number of hydrogen-bond donors (Lipinski definition) is 2. The maximum atomic E-state index is 8.23. The average molecular weight is 638 g/mol. The van der Waals surface area contributed by atoms with Gasteiger partial charge in [-0.15, -0.1) is 20.4 Å². The van der Waals surface area contributed by atoms with Gasteiger partial charge in [-0.25, -0.2) is 9.97 Å². The van der Waals surface area contributed by atoms with Crippen molar-refractivity contribution in [2.45, 2.75) is 62.3 Å². The standard InChI is InChI=1S/C37H39N11/c1-20-16-29(10-13-34(20)46(23(4)38)24(5)39)32-19-33(30-11-14-35(21(2)17-30)47-25(6)42-43-26(47)7)41-37(40-32)31-12-15-36(22(3)18-31)48-27(8)44-45-28(48)9/h10-19,38-39H,1-9H3. The molecular weight excluding hydrogens is 598 g/mol. The van der Waals surface area contributed by atoms with Crippen molar-refractivity contribution in [2.75, 3.05) is 4.90 Å². The summed E-state index contributed by atoms with van der Waals surface area (Å²) in [6.45, 7) is 17.3. The maximum Gasteiger partial charge on any atom is 0.160 e. The zero-order valence-electron chi connectivity index (χ0n) is 28.8. The first kappa shape index (κ1) is 32.1. The molecule has 0 amide bonds. The highest BCUT2D eigenvalue weighted by Crippen LogP contribution is 2.33. The van der Waals surface area contributed by atoms with Crippen LogP contribution in [0, 0.1) is 59.3 Å². The number of benzene rings is 3. The second-order valence-electron chi connectivity index (χ2n) is 12.2. The molecule has 0 aliphatic rings. The van der Waals surface area contributed by atoms with Crippen LogP contribution in [0.25, 0.3) is 45.3 Å². The summed E-state index contributed by atoms with van der Waals surface area (Å²) < 4.78 is 4.10. The maximum absolute atomic E-state index is 8.23. The molecule has 0 unspecified atom stereocenters. The normalized spacial score (nSPS) is 11.2. The molecule has 6 rings (SSSR count). The van der Waals surface area contributed by atoms with Gasteiger partial charge in [0.25, 0.3) is 0 Å². The van der Waals surface area contributed by atoms with Crippen molar-refractivity contribution in [1.82, 2.24) is 39.5 Å². The molecule has 0 spiro atoms. The first-order chi connectivity index (χ1) is 22.8. The molecule has 3 aromatic heterocycles. The van der Waals surface area contributed by atoms with E-state index >= 15 is 0 Å². The highest BCUT2D eigenvalue weighted by atomic mass is 15.3. The highest BCUT2D eigenvalue weighted by Gasteiger charge is 2.18. The first-order valence-corrected chi connectivity index (χ1v) is 15.7. The Hall–Kier alpha value is -5.84. The molecule has 0 atom stereocenters. The Bertz CT molecular complexity index is 2070. The fourth-order valence-corrected chi connectivity index (χ4v) is 6.30. The lowest BCUT2D eigenvalue weighted by Crippen LogP contribution is -2.32. The van der Waals surface area contributed by atoms with E-state index in [1.54, 1.807) is 18.7 Å². The van der Waals surface area contributed by atoms with Crippen LogP contribution in [-0.4, -0.2) is 51.2 Å². The summed E-state index contributed by atoms with van der Waals surface area (Å²) in [4.78, 5) is 11.8. The van der Waals surface area contributed by atoms with E-state index < -0.39 is 0 Å². The van der Waals surface area contributed by atoms with E-state index in [2.05, 4.69) is 75.2 Å². The number of aryl methyl sites for hydroxylation is 7. The SMILES string of the molecule is CC(=N)N(C(C)=N)c1ccc(-c2cc(-c3ccc(-n4c(C)nnc4C)c(C)c3)nc(-c3ccc(-n4c(C)nnc4C)c(C)c3)n2)cc1C. The van der Waals surface area contributed by atoms with Gasteiger partial charge in [-0.2, -0.15) is 0 Å². The molecule has 0 fully saturated rings. The monoisotopic (exact) mass is 637 g/mol. The third kappa shape index (κ3) is 5.79. The van der Waals surface area contributed by atoms with Crippen LogP contribution in [0.5, 0.6) is 0 Å². The van der Waals surface area contributed by atoms with Crippen LogP contribution < -0.4 is 4.90 Å². The third-order valence-electron chi connectivity index (χ3n) is 8.53. The summed E-state index contributed by atoms with van der Waals surface area (Å²) in [6.07, 6.45) is 0. The number of amidine groups is 2. The molecule has 48 heavy (non-hydrogen) atoms. The molecule has 11 heteroatoms. The molecular formula is C37H39N11. The zero-order chi connectivity index (χ0) is 34.4. The van der Waals surface area contributed by atoms with Gasteiger partial charge < -0.3 is 0 Å². The lowest BCUT2D eigenvalue weighted by atomic mass is 10.0. The molecule has 3 aromatic carbocycles. The number of nitrogens with zero attached hydrogens (tertiary/aromatic N) is 9. The fourth-order valence-electron chi connectivity index (χ4n) is 6.30. The minimum Gasteiger partial charge on any atom is -0.288 e. The summed E-state index contributed by atoms with van der Waals surface area (Å²) in [5, 5.41) is 33.4. The van der Waals surface area contributed by atoms with Gasteiger partial charge in [-0.3, -0.25) is 24.9 Å². The Morgan fingerprint density at radius 1 is 0.521 bits per heavy atom. The number of hydrogen-bond acceptors (Lipinski definition) is 8. The van der Waals surface area contributed by atoms with Crippen molar-refractivity contribution in [2.24, 2.45) is 0 Å². The fraction of sp³-hybridized carbons (Fsp3) is 0.243. The van der Waals surface area contributed by atoms with Gasteiger partial charge in [0.15, 0.2) is 5.82 Å². The smallest absolute Gasteiger partial charge is 0.160 e. The first-order valence-electron chi connectivity index (χ1n) is 15.7. The lowest BCUT2D eigenvalue weighted by Gasteiger charge is -2.24. The van der Waals surface area contributed by atoms with Crippen LogP contribution in [0.1, 0.15) is 53.8 Å². The minimum atomic E-state index is 0.288. The highest BCUT2D eigenvalue weighted by molar-refractivity contribution is 6.15. The van der Waals surface area contributed by atoms with Crippen molar-refractivity contribution in [1.29, 1.82) is 10.8 Å². The van der Waals surface area contributed by atoms with Gasteiger partial charge in [0, 0.05) is 16.7 Å². The lowest BCUT2D eigenvalue weighted by molar-refractivity contribution is 0.928. The Morgan fingerprint density at radius 3 is 1.33 bits per heavy atom. The van der Waals surface area contributed by atoms with E-state index in [-0.39, 0.29) is 11.7 Å². The van der Waals surface area contributed by atoms with E-state index in [1.165, 1.54) is 0 Å². The number of nitrogens with one attached hydrogen (secondary N) is 2. The summed E-state index contributed by atoms with van der Waals surface area (Å²) in [5.74, 6) is 4.50. The molecule has 0 aliphatic heterocycles. The van der Waals surface area contributed by atoms with Crippen molar-refractivity contribution >= 4 is 17.4 Å². The van der Waals surface area contributed by atoms with E-state index in [0.717, 1.165) is 85.1 Å². The average Bonchev–Trinajstić information content (AvgIpc) is 3.55. The number of rotatable bonds is 6. The largest absolute Gasteiger partial charge is 0.288 e. The van der Waals surface area contributed by atoms with Crippen LogP contribution >= 0.6 is 0 Å². The van der Waals surface area contributed by atoms with Crippen LogP contribution in [0.2, 0.25) is 0 Å². The van der Waals surface area contributed by atoms with Crippen LogP contribution in [0.3, 0.4) is 0 Å². The van der Waals surface area contributed by atoms with Crippen LogP contribution in [-0.2, 0) is 0 Å². The third-order valence-corrected chi connectivity index (χ3v) is 8.53. The summed E-state index contributed by atoms with van der Waals surface area (Å²) in [5.41, 5.74) is 10.2. The molecule has 3 heterocycles. The predicted molar refractivity (Wildman–Crippen MR) is 191 cm³/mol. The molecule has 0 aliphatic carbocycles. The van der Waals surface area contributed by atoms with Crippen molar-refractivity contribution in [3.05, 3.63) is 101 Å². The molecule has 2 N–H and O–H groups in total. The topological polar surface area (TPSA) is 138 Å². The molecule has 6 aromatic rings. The Balaban J connectivity index is 1.50. The minimum absolute atomic E-state index is 0.288. The molecule has 242 valence electrons. The predicted octanol–water partition coefficient (Wildman–Crippen LogP) is 7.60. The van der Waals surface area contributed by atoms with Gasteiger partial charge >= 0.3 is 0 Å². The number of anilines is 1. The number of aromatic nitrogens is 8. The molecule has 0 saturated heterocycles. The van der Waals surface area contributed by atoms with E-state index in [0.29, 0.717) is 5.82 Å². The molecule has 0 saturated carbocycles. The molecule has 11 nitrogen and oxygen atoms in total.